The fraction of sp³-hybridized carbons (Fsp3) is 1.00. The van der Waals surface area contributed by atoms with Crippen molar-refractivity contribution in [2.24, 2.45) is 52.3 Å². The fourth-order valence-electron chi connectivity index (χ4n) is 10.6. The first-order chi connectivity index (χ1) is 14.7. The Labute approximate surface area is 192 Å². The number of hydrogen-bond donors (Lipinski definition) is 1. The zero-order valence-corrected chi connectivity index (χ0v) is 21.3. The molecular weight excluding hydrogens is 380 g/mol. The molecule has 0 spiro atoms. The Kier molecular flexibility index (Phi) is 5.66. The summed E-state index contributed by atoms with van der Waals surface area (Å²) in [7, 11) is 0. The Hall–Kier alpha value is -0.0800. The van der Waals surface area contributed by atoms with Crippen LogP contribution in [0.25, 0.3) is 0 Å². The van der Waals surface area contributed by atoms with Crippen molar-refractivity contribution in [1.82, 2.24) is 0 Å². The van der Waals surface area contributed by atoms with Crippen molar-refractivity contribution >= 4 is 0 Å². The number of epoxide rings is 1. The minimum atomic E-state index is -0.217. The van der Waals surface area contributed by atoms with Crippen LogP contribution in [-0.2, 0) is 4.74 Å². The lowest BCUT2D eigenvalue weighted by molar-refractivity contribution is -0.146. The molecule has 4 saturated carbocycles. The summed E-state index contributed by atoms with van der Waals surface area (Å²) in [4.78, 5) is 0. The van der Waals surface area contributed by atoms with Gasteiger partial charge in [-0.3, -0.25) is 0 Å². The molecular formula is C29H50O2. The third-order valence-corrected chi connectivity index (χ3v) is 12.2. The van der Waals surface area contributed by atoms with Crippen LogP contribution < -0.4 is 0 Å². The summed E-state index contributed by atoms with van der Waals surface area (Å²) >= 11 is 0. The van der Waals surface area contributed by atoms with E-state index in [0.29, 0.717) is 11.3 Å². The van der Waals surface area contributed by atoms with Gasteiger partial charge < -0.3 is 9.84 Å². The predicted octanol–water partition coefficient (Wildman–Crippen LogP) is 7.24. The highest BCUT2D eigenvalue weighted by Gasteiger charge is 2.76. The van der Waals surface area contributed by atoms with E-state index < -0.39 is 0 Å². The van der Waals surface area contributed by atoms with E-state index in [1.54, 1.807) is 0 Å². The van der Waals surface area contributed by atoms with Crippen LogP contribution in [0.15, 0.2) is 0 Å². The number of aliphatic hydroxyl groups excluding tert-OH is 1. The van der Waals surface area contributed by atoms with Gasteiger partial charge in [0, 0.05) is 5.41 Å². The fourth-order valence-corrected chi connectivity index (χ4v) is 10.6. The zero-order valence-electron chi connectivity index (χ0n) is 21.3. The van der Waals surface area contributed by atoms with E-state index >= 15 is 0 Å². The Morgan fingerprint density at radius 1 is 0.968 bits per heavy atom. The molecule has 0 aromatic heterocycles. The molecule has 31 heavy (non-hydrogen) atoms. The van der Waals surface area contributed by atoms with Gasteiger partial charge in [-0.05, 0) is 98.2 Å². The second kappa shape index (κ2) is 7.72. The van der Waals surface area contributed by atoms with Gasteiger partial charge in [0.25, 0.3) is 0 Å². The molecule has 0 radical (unpaired) electrons. The molecule has 178 valence electrons. The van der Waals surface area contributed by atoms with E-state index in [4.69, 9.17) is 4.74 Å². The Bertz CT molecular complexity index is 674. The molecule has 2 nitrogen and oxygen atoms in total. The topological polar surface area (TPSA) is 32.8 Å². The van der Waals surface area contributed by atoms with E-state index in [9.17, 15) is 5.11 Å². The molecule has 0 aromatic carbocycles. The first kappa shape index (κ1) is 22.7. The van der Waals surface area contributed by atoms with Gasteiger partial charge in [-0.15, -0.1) is 0 Å². The minimum Gasteiger partial charge on any atom is -0.390 e. The van der Waals surface area contributed by atoms with E-state index in [2.05, 4.69) is 41.5 Å². The molecule has 1 N–H and O–H groups in total. The normalized spacial score (nSPS) is 54.0. The van der Waals surface area contributed by atoms with Gasteiger partial charge >= 0.3 is 0 Å². The Morgan fingerprint density at radius 2 is 1.74 bits per heavy atom. The van der Waals surface area contributed by atoms with Crippen molar-refractivity contribution in [1.29, 1.82) is 0 Å². The first-order valence-electron chi connectivity index (χ1n) is 14.0. The molecule has 0 amide bonds. The molecule has 0 aromatic rings. The SMILES string of the molecule is CCC12OC1[C@@H](O)C[C@H]1CC[C@@H]3[C@@H]4CC[C@H]([C@H](C)CCCC(C)C)[C@@]4(C)CC[C@@H]3[C@]12C. The zero-order chi connectivity index (χ0) is 22.2. The molecule has 11 atom stereocenters. The molecule has 2 unspecified atom stereocenters. The highest BCUT2D eigenvalue weighted by atomic mass is 16.6. The number of ether oxygens (including phenoxy) is 1. The largest absolute Gasteiger partial charge is 0.390 e. The summed E-state index contributed by atoms with van der Waals surface area (Å²) < 4.78 is 6.46. The van der Waals surface area contributed by atoms with Crippen molar-refractivity contribution in [2.75, 3.05) is 0 Å². The Balaban J connectivity index is 1.36. The molecule has 4 aliphatic carbocycles. The number of hydrogen-bond acceptors (Lipinski definition) is 2. The summed E-state index contributed by atoms with van der Waals surface area (Å²) in [6.45, 7) is 15.0. The molecule has 1 heterocycles. The lowest BCUT2D eigenvalue weighted by atomic mass is 9.41. The monoisotopic (exact) mass is 430 g/mol. The molecule has 5 aliphatic rings. The summed E-state index contributed by atoms with van der Waals surface area (Å²) in [6, 6.07) is 0. The lowest BCUT2D eigenvalue weighted by Crippen LogP contribution is -2.61. The third kappa shape index (κ3) is 3.09. The van der Waals surface area contributed by atoms with Gasteiger partial charge in [0.05, 0.1) is 6.10 Å². The highest BCUT2D eigenvalue weighted by molar-refractivity contribution is 5.24. The summed E-state index contributed by atoms with van der Waals surface area (Å²) in [6.07, 6.45) is 14.8. The van der Waals surface area contributed by atoms with Crippen LogP contribution in [-0.4, -0.2) is 22.9 Å². The number of rotatable bonds is 6. The maximum absolute atomic E-state index is 10.7. The van der Waals surface area contributed by atoms with Crippen LogP contribution >= 0.6 is 0 Å². The van der Waals surface area contributed by atoms with Crippen molar-refractivity contribution in [3.63, 3.8) is 0 Å². The molecule has 5 rings (SSSR count). The summed E-state index contributed by atoms with van der Waals surface area (Å²) in [5.41, 5.74) is 0.838. The molecule has 0 bridgehead atoms. The number of fused-ring (bicyclic) bond motifs is 7. The second-order valence-electron chi connectivity index (χ2n) is 13.5. The average Bonchev–Trinajstić information content (AvgIpc) is 3.39. The van der Waals surface area contributed by atoms with Crippen LogP contribution in [0.3, 0.4) is 0 Å². The van der Waals surface area contributed by atoms with Gasteiger partial charge in [-0.25, -0.2) is 0 Å². The van der Waals surface area contributed by atoms with Crippen LogP contribution in [0, 0.1) is 52.3 Å². The van der Waals surface area contributed by atoms with Crippen molar-refractivity contribution in [2.45, 2.75) is 130 Å². The quantitative estimate of drug-likeness (QED) is 0.451. The van der Waals surface area contributed by atoms with Crippen molar-refractivity contribution < 1.29 is 9.84 Å². The smallest absolute Gasteiger partial charge is 0.114 e. The van der Waals surface area contributed by atoms with E-state index in [0.717, 1.165) is 48.3 Å². The number of aliphatic hydroxyl groups is 1. The van der Waals surface area contributed by atoms with Crippen LogP contribution in [0.5, 0.6) is 0 Å². The standard InChI is InChI=1S/C29H50O2/c1-7-29-26(31-29)25(30)17-20-11-12-21-23-14-13-22(19(4)10-8-9-18(2)3)27(23,5)16-15-24(21)28(20,29)6/h18-26,30H,7-17H2,1-6H3/t19-,20-,21-,22-,23+,24+,25+,26?,27-,28+,29?/m1/s1. The van der Waals surface area contributed by atoms with E-state index in [1.165, 1.54) is 57.8 Å². The molecule has 2 heteroatoms. The minimum absolute atomic E-state index is 0.0193. The summed E-state index contributed by atoms with van der Waals surface area (Å²) in [5.74, 6) is 5.99. The third-order valence-electron chi connectivity index (χ3n) is 12.2. The Morgan fingerprint density at radius 3 is 2.45 bits per heavy atom. The van der Waals surface area contributed by atoms with E-state index in [1.807, 2.05) is 0 Å². The second-order valence-corrected chi connectivity index (χ2v) is 13.5. The van der Waals surface area contributed by atoms with Crippen LogP contribution in [0.1, 0.15) is 112 Å². The summed E-state index contributed by atoms with van der Waals surface area (Å²) in [5, 5.41) is 10.7. The van der Waals surface area contributed by atoms with Gasteiger partial charge in [0.1, 0.15) is 11.7 Å². The maximum Gasteiger partial charge on any atom is 0.114 e. The van der Waals surface area contributed by atoms with Crippen molar-refractivity contribution in [3.8, 4) is 0 Å². The average molecular weight is 431 g/mol. The molecule has 1 saturated heterocycles. The van der Waals surface area contributed by atoms with Gasteiger partial charge in [-0.2, -0.15) is 0 Å². The van der Waals surface area contributed by atoms with E-state index in [-0.39, 0.29) is 23.2 Å². The predicted molar refractivity (Wildman–Crippen MR) is 128 cm³/mol. The van der Waals surface area contributed by atoms with Crippen LogP contribution in [0.4, 0.5) is 0 Å². The molecule has 5 fully saturated rings. The first-order valence-corrected chi connectivity index (χ1v) is 14.0. The van der Waals surface area contributed by atoms with Crippen molar-refractivity contribution in [3.05, 3.63) is 0 Å². The lowest BCUT2D eigenvalue weighted by Gasteiger charge is -2.62. The van der Waals surface area contributed by atoms with Gasteiger partial charge in [-0.1, -0.05) is 60.8 Å². The molecule has 1 aliphatic heterocycles. The highest BCUT2D eigenvalue weighted by Crippen LogP contribution is 2.74. The maximum atomic E-state index is 10.7. The van der Waals surface area contributed by atoms with Gasteiger partial charge in [0.2, 0.25) is 0 Å². The van der Waals surface area contributed by atoms with Crippen LogP contribution in [0.2, 0.25) is 0 Å². The van der Waals surface area contributed by atoms with Gasteiger partial charge in [0.15, 0.2) is 0 Å².